The molecule has 3 nitrogen and oxygen atoms in total. The van der Waals surface area contributed by atoms with E-state index in [1.54, 1.807) is 0 Å². The summed E-state index contributed by atoms with van der Waals surface area (Å²) in [5.41, 5.74) is 1.21. The molecule has 0 saturated carbocycles. The third-order valence-electron chi connectivity index (χ3n) is 5.61. The summed E-state index contributed by atoms with van der Waals surface area (Å²) in [5, 5.41) is 4.45. The topological polar surface area (TPSA) is 18.5 Å². The number of benzene rings is 1. The lowest BCUT2D eigenvalue weighted by Crippen LogP contribution is -2.48. The van der Waals surface area contributed by atoms with Crippen LogP contribution >= 0.6 is 11.6 Å². The van der Waals surface area contributed by atoms with Crippen LogP contribution in [0.2, 0.25) is 5.02 Å². The van der Waals surface area contributed by atoms with Crippen LogP contribution in [-0.2, 0) is 0 Å². The summed E-state index contributed by atoms with van der Waals surface area (Å²) in [4.78, 5) is 5.26. The minimum atomic E-state index is 0.777. The van der Waals surface area contributed by atoms with Crippen LogP contribution in [0.3, 0.4) is 0 Å². The molecule has 0 spiro atoms. The van der Waals surface area contributed by atoms with Crippen LogP contribution in [0.25, 0.3) is 0 Å². The van der Waals surface area contributed by atoms with E-state index in [2.05, 4.69) is 27.2 Å². The highest BCUT2D eigenvalue weighted by atomic mass is 35.5. The molecule has 3 aliphatic heterocycles. The Morgan fingerprint density at radius 3 is 2.62 bits per heavy atom. The monoisotopic (exact) mass is 305 g/mol. The van der Waals surface area contributed by atoms with Gasteiger partial charge in [0.15, 0.2) is 0 Å². The standard InChI is InChI=1S/C17H24ClN3/c18-15-3-1-2-4-16(15)20-8-6-14(7-9-20)21-10-5-13-11-19-12-17(13)21/h1-4,13-14,17,19H,5-12H2/t13-,17+/m0/s1. The minimum absolute atomic E-state index is 0.777. The Hall–Kier alpha value is -0.770. The summed E-state index contributed by atoms with van der Waals surface area (Å²) < 4.78 is 0. The number of anilines is 1. The van der Waals surface area contributed by atoms with Crippen molar-refractivity contribution in [3.63, 3.8) is 0 Å². The summed E-state index contributed by atoms with van der Waals surface area (Å²) >= 11 is 6.33. The molecule has 3 saturated heterocycles. The smallest absolute Gasteiger partial charge is 0.0639 e. The van der Waals surface area contributed by atoms with Crippen molar-refractivity contribution < 1.29 is 0 Å². The zero-order chi connectivity index (χ0) is 14.2. The Bertz CT molecular complexity index is 499. The van der Waals surface area contributed by atoms with Crippen molar-refractivity contribution in [3.8, 4) is 0 Å². The Kier molecular flexibility index (Phi) is 3.82. The molecule has 0 amide bonds. The van der Waals surface area contributed by atoms with E-state index < -0.39 is 0 Å². The lowest BCUT2D eigenvalue weighted by Gasteiger charge is -2.40. The van der Waals surface area contributed by atoms with Gasteiger partial charge in [-0.1, -0.05) is 23.7 Å². The van der Waals surface area contributed by atoms with E-state index in [0.717, 1.165) is 36.1 Å². The van der Waals surface area contributed by atoms with Crippen molar-refractivity contribution in [2.24, 2.45) is 5.92 Å². The number of fused-ring (bicyclic) bond motifs is 1. The van der Waals surface area contributed by atoms with Gasteiger partial charge in [0, 0.05) is 31.7 Å². The molecule has 0 aromatic heterocycles. The van der Waals surface area contributed by atoms with Crippen molar-refractivity contribution in [2.45, 2.75) is 31.3 Å². The molecular formula is C17H24ClN3. The average molecular weight is 306 g/mol. The summed E-state index contributed by atoms with van der Waals surface area (Å²) in [6, 6.07) is 9.83. The van der Waals surface area contributed by atoms with E-state index >= 15 is 0 Å². The van der Waals surface area contributed by atoms with Gasteiger partial charge in [-0.2, -0.15) is 0 Å². The third kappa shape index (κ3) is 2.56. The Morgan fingerprint density at radius 2 is 1.81 bits per heavy atom. The highest BCUT2D eigenvalue weighted by molar-refractivity contribution is 6.33. The van der Waals surface area contributed by atoms with Gasteiger partial charge in [0.05, 0.1) is 10.7 Å². The minimum Gasteiger partial charge on any atom is -0.370 e. The summed E-state index contributed by atoms with van der Waals surface area (Å²) in [7, 11) is 0. The number of nitrogens with zero attached hydrogens (tertiary/aromatic N) is 2. The van der Waals surface area contributed by atoms with E-state index in [-0.39, 0.29) is 0 Å². The number of likely N-dealkylation sites (tertiary alicyclic amines) is 1. The summed E-state index contributed by atoms with van der Waals surface area (Å²) in [5.74, 6) is 0.909. The molecule has 0 radical (unpaired) electrons. The average Bonchev–Trinajstić information content (AvgIpc) is 3.11. The Balaban J connectivity index is 1.40. The maximum absolute atomic E-state index is 6.33. The maximum atomic E-state index is 6.33. The highest BCUT2D eigenvalue weighted by Gasteiger charge is 2.41. The van der Waals surface area contributed by atoms with Gasteiger partial charge < -0.3 is 10.2 Å². The molecule has 3 fully saturated rings. The number of nitrogens with one attached hydrogen (secondary N) is 1. The largest absolute Gasteiger partial charge is 0.370 e. The van der Waals surface area contributed by atoms with Crippen LogP contribution in [0.1, 0.15) is 19.3 Å². The molecule has 4 rings (SSSR count). The van der Waals surface area contributed by atoms with Crippen molar-refractivity contribution in [2.75, 3.05) is 37.6 Å². The predicted molar refractivity (Wildman–Crippen MR) is 88.2 cm³/mol. The van der Waals surface area contributed by atoms with Gasteiger partial charge in [0.1, 0.15) is 0 Å². The van der Waals surface area contributed by atoms with Gasteiger partial charge in [-0.3, -0.25) is 4.90 Å². The zero-order valence-electron chi connectivity index (χ0n) is 12.5. The van der Waals surface area contributed by atoms with E-state index in [9.17, 15) is 0 Å². The molecule has 3 aliphatic rings. The van der Waals surface area contributed by atoms with Crippen molar-refractivity contribution in [3.05, 3.63) is 29.3 Å². The molecule has 2 atom stereocenters. The molecular weight excluding hydrogens is 282 g/mol. The van der Waals surface area contributed by atoms with Gasteiger partial charge >= 0.3 is 0 Å². The molecule has 1 aromatic carbocycles. The highest BCUT2D eigenvalue weighted by Crippen LogP contribution is 2.34. The summed E-state index contributed by atoms with van der Waals surface area (Å²) in [6.45, 7) is 6.02. The van der Waals surface area contributed by atoms with Gasteiger partial charge in [0.2, 0.25) is 0 Å². The predicted octanol–water partition coefficient (Wildman–Crippen LogP) is 2.60. The normalized spacial score (nSPS) is 30.8. The van der Waals surface area contributed by atoms with Gasteiger partial charge in [-0.25, -0.2) is 0 Å². The molecule has 0 unspecified atom stereocenters. The number of hydrogen-bond acceptors (Lipinski definition) is 3. The zero-order valence-corrected chi connectivity index (χ0v) is 13.2. The van der Waals surface area contributed by atoms with Gasteiger partial charge in [0.25, 0.3) is 0 Å². The fourth-order valence-corrected chi connectivity index (χ4v) is 4.74. The molecule has 3 heterocycles. The van der Waals surface area contributed by atoms with E-state index in [1.165, 1.54) is 44.6 Å². The first kappa shape index (κ1) is 13.9. The van der Waals surface area contributed by atoms with E-state index in [1.807, 2.05) is 12.1 Å². The molecule has 21 heavy (non-hydrogen) atoms. The van der Waals surface area contributed by atoms with Crippen molar-refractivity contribution in [1.29, 1.82) is 0 Å². The first-order valence-corrected chi connectivity index (χ1v) is 8.66. The molecule has 1 aromatic rings. The first-order chi connectivity index (χ1) is 10.3. The molecule has 114 valence electrons. The van der Waals surface area contributed by atoms with Gasteiger partial charge in [-0.15, -0.1) is 0 Å². The van der Waals surface area contributed by atoms with Crippen LogP contribution in [0, 0.1) is 5.92 Å². The van der Waals surface area contributed by atoms with Crippen LogP contribution in [0.4, 0.5) is 5.69 Å². The lowest BCUT2D eigenvalue weighted by atomic mass is 10.00. The molecule has 1 N–H and O–H groups in total. The number of rotatable bonds is 2. The number of halogens is 1. The SMILES string of the molecule is Clc1ccccc1N1CCC(N2CC[C@H]3CNC[C@H]32)CC1. The van der Waals surface area contributed by atoms with Crippen molar-refractivity contribution >= 4 is 17.3 Å². The van der Waals surface area contributed by atoms with Crippen LogP contribution < -0.4 is 10.2 Å². The number of para-hydroxylation sites is 1. The first-order valence-electron chi connectivity index (χ1n) is 8.29. The number of piperidine rings is 1. The second-order valence-electron chi connectivity index (χ2n) is 6.68. The fraction of sp³-hybridized carbons (Fsp3) is 0.647. The maximum Gasteiger partial charge on any atom is 0.0639 e. The summed E-state index contributed by atoms with van der Waals surface area (Å²) in [6.07, 6.45) is 3.94. The quantitative estimate of drug-likeness (QED) is 0.906. The molecule has 0 bridgehead atoms. The Morgan fingerprint density at radius 1 is 1.00 bits per heavy atom. The van der Waals surface area contributed by atoms with Crippen LogP contribution in [0.5, 0.6) is 0 Å². The second kappa shape index (κ2) is 5.79. The fourth-order valence-electron chi connectivity index (χ4n) is 4.48. The van der Waals surface area contributed by atoms with Crippen LogP contribution in [0.15, 0.2) is 24.3 Å². The van der Waals surface area contributed by atoms with Crippen molar-refractivity contribution in [1.82, 2.24) is 10.2 Å². The number of hydrogen-bond donors (Lipinski definition) is 1. The van der Waals surface area contributed by atoms with Crippen LogP contribution in [-0.4, -0.2) is 49.7 Å². The lowest BCUT2D eigenvalue weighted by molar-refractivity contribution is 0.154. The van der Waals surface area contributed by atoms with Gasteiger partial charge in [-0.05, 0) is 50.4 Å². The van der Waals surface area contributed by atoms with E-state index in [4.69, 9.17) is 11.6 Å². The molecule has 0 aliphatic carbocycles. The third-order valence-corrected chi connectivity index (χ3v) is 5.93. The van der Waals surface area contributed by atoms with E-state index in [0.29, 0.717) is 0 Å². The Labute approximate surface area is 132 Å². The molecule has 4 heteroatoms. The second-order valence-corrected chi connectivity index (χ2v) is 7.09.